The zero-order chi connectivity index (χ0) is 18.6. The van der Waals surface area contributed by atoms with Gasteiger partial charge < -0.3 is 5.32 Å². The van der Waals surface area contributed by atoms with Gasteiger partial charge in [-0.2, -0.15) is 5.26 Å². The van der Waals surface area contributed by atoms with Gasteiger partial charge in [-0.05, 0) is 56.9 Å². The van der Waals surface area contributed by atoms with Crippen LogP contribution in [0.15, 0.2) is 29.3 Å². The Kier molecular flexibility index (Phi) is 6.22. The Bertz CT molecular complexity index is 840. The molecule has 0 spiro atoms. The van der Waals surface area contributed by atoms with E-state index in [0.717, 1.165) is 34.5 Å². The maximum Gasteiger partial charge on any atom is 0.237 e. The van der Waals surface area contributed by atoms with Crippen LogP contribution in [0.3, 0.4) is 0 Å². The number of amides is 1. The number of nitriles is 1. The van der Waals surface area contributed by atoms with Crippen molar-refractivity contribution in [2.75, 3.05) is 5.32 Å². The van der Waals surface area contributed by atoms with E-state index in [2.05, 4.69) is 23.3 Å². The molecule has 1 aromatic heterocycles. The first-order valence-corrected chi connectivity index (χ1v) is 9.19. The Labute approximate surface area is 153 Å². The molecule has 0 saturated carbocycles. The maximum absolute atomic E-state index is 12.7. The van der Waals surface area contributed by atoms with E-state index < -0.39 is 0 Å². The van der Waals surface area contributed by atoms with Gasteiger partial charge in [0.15, 0.2) is 0 Å². The van der Waals surface area contributed by atoms with E-state index in [1.165, 1.54) is 11.8 Å². The minimum Gasteiger partial charge on any atom is -0.325 e. The number of hydrogen-bond donors (Lipinski definition) is 1. The maximum atomic E-state index is 12.7. The van der Waals surface area contributed by atoms with Crippen molar-refractivity contribution in [3.8, 4) is 6.07 Å². The van der Waals surface area contributed by atoms with Crippen LogP contribution >= 0.6 is 11.8 Å². The monoisotopic (exact) mass is 353 g/mol. The topological polar surface area (TPSA) is 65.8 Å². The van der Waals surface area contributed by atoms with Crippen LogP contribution in [0.4, 0.5) is 5.69 Å². The van der Waals surface area contributed by atoms with Crippen LogP contribution in [0.5, 0.6) is 0 Å². The molecule has 1 amide bonds. The van der Waals surface area contributed by atoms with E-state index in [-0.39, 0.29) is 11.2 Å². The average molecular weight is 353 g/mol. The summed E-state index contributed by atoms with van der Waals surface area (Å²) in [6, 6.07) is 10.1. The van der Waals surface area contributed by atoms with E-state index >= 15 is 0 Å². The molecule has 1 N–H and O–H groups in total. The molecule has 5 heteroatoms. The summed E-state index contributed by atoms with van der Waals surface area (Å²) in [5.41, 5.74) is 5.33. The van der Waals surface area contributed by atoms with Gasteiger partial charge in [-0.1, -0.05) is 36.9 Å². The Morgan fingerprint density at radius 2 is 2.04 bits per heavy atom. The molecule has 0 fully saturated rings. The highest BCUT2D eigenvalue weighted by Gasteiger charge is 2.20. The fraction of sp³-hybridized carbons (Fsp3) is 0.350. The number of pyridine rings is 1. The number of benzene rings is 1. The van der Waals surface area contributed by atoms with Crippen molar-refractivity contribution in [2.45, 2.75) is 51.3 Å². The molecule has 0 saturated heterocycles. The van der Waals surface area contributed by atoms with Crippen LogP contribution in [-0.2, 0) is 11.2 Å². The first-order chi connectivity index (χ1) is 11.9. The Hall–Kier alpha value is -2.32. The van der Waals surface area contributed by atoms with Crippen molar-refractivity contribution in [1.82, 2.24) is 4.98 Å². The zero-order valence-electron chi connectivity index (χ0n) is 15.3. The lowest BCUT2D eigenvalue weighted by Crippen LogP contribution is -2.24. The number of anilines is 1. The smallest absolute Gasteiger partial charge is 0.237 e. The van der Waals surface area contributed by atoms with E-state index in [1.54, 1.807) is 0 Å². The van der Waals surface area contributed by atoms with Crippen molar-refractivity contribution in [3.05, 3.63) is 52.2 Å². The van der Waals surface area contributed by atoms with Crippen molar-refractivity contribution in [3.63, 3.8) is 0 Å². The molecule has 2 aromatic rings. The summed E-state index contributed by atoms with van der Waals surface area (Å²) in [6.45, 7) is 9.68. The third-order valence-electron chi connectivity index (χ3n) is 4.07. The molecule has 2 rings (SSSR count). The van der Waals surface area contributed by atoms with E-state index in [0.29, 0.717) is 10.6 Å². The zero-order valence-corrected chi connectivity index (χ0v) is 16.1. The largest absolute Gasteiger partial charge is 0.325 e. The highest BCUT2D eigenvalue weighted by Crippen LogP contribution is 2.29. The quantitative estimate of drug-likeness (QED) is 0.800. The highest BCUT2D eigenvalue weighted by atomic mass is 32.2. The standard InChI is InChI=1S/C20H23N3OS/c1-6-16-9-7-8-12(2)18(16)23-19(24)15(5)25-20-17(11-21)13(3)10-14(4)22-20/h7-10,15H,6H2,1-5H3,(H,23,24). The lowest BCUT2D eigenvalue weighted by atomic mass is 10.1. The third-order valence-corrected chi connectivity index (χ3v) is 5.16. The first kappa shape index (κ1) is 19.0. The molecule has 1 unspecified atom stereocenters. The number of thioether (sulfide) groups is 1. The number of rotatable bonds is 5. The molecular weight excluding hydrogens is 330 g/mol. The second-order valence-electron chi connectivity index (χ2n) is 6.08. The Morgan fingerprint density at radius 3 is 2.68 bits per heavy atom. The number of aromatic nitrogens is 1. The van der Waals surface area contributed by atoms with Gasteiger partial charge in [-0.15, -0.1) is 0 Å². The summed E-state index contributed by atoms with van der Waals surface area (Å²) in [6.07, 6.45) is 0.857. The predicted molar refractivity (Wildman–Crippen MR) is 103 cm³/mol. The van der Waals surface area contributed by atoms with Crippen LogP contribution < -0.4 is 5.32 Å². The lowest BCUT2D eigenvalue weighted by Gasteiger charge is -2.17. The van der Waals surface area contributed by atoms with Gasteiger partial charge >= 0.3 is 0 Å². The molecule has 0 aliphatic carbocycles. The minimum absolute atomic E-state index is 0.0844. The van der Waals surface area contributed by atoms with Crippen LogP contribution in [0, 0.1) is 32.1 Å². The molecule has 1 heterocycles. The molecule has 0 aliphatic heterocycles. The second kappa shape index (κ2) is 8.17. The summed E-state index contributed by atoms with van der Waals surface area (Å²) >= 11 is 1.32. The number of hydrogen-bond acceptors (Lipinski definition) is 4. The van der Waals surface area contributed by atoms with E-state index in [1.807, 2.05) is 52.0 Å². The summed E-state index contributed by atoms with van der Waals surface area (Å²) in [5, 5.41) is 12.7. The van der Waals surface area contributed by atoms with Gasteiger partial charge in [0.2, 0.25) is 5.91 Å². The molecule has 1 atom stereocenters. The third kappa shape index (κ3) is 4.40. The number of nitrogens with one attached hydrogen (secondary N) is 1. The number of carbonyl (C=O) groups is 1. The second-order valence-corrected chi connectivity index (χ2v) is 7.41. The van der Waals surface area contributed by atoms with Crippen LogP contribution in [-0.4, -0.2) is 16.1 Å². The number of carbonyl (C=O) groups excluding carboxylic acids is 1. The van der Waals surface area contributed by atoms with Gasteiger partial charge in [0.05, 0.1) is 10.8 Å². The van der Waals surface area contributed by atoms with E-state index in [4.69, 9.17) is 0 Å². The molecule has 1 aromatic carbocycles. The van der Waals surface area contributed by atoms with Crippen LogP contribution in [0.25, 0.3) is 0 Å². The molecule has 0 aliphatic rings. The minimum atomic E-state index is -0.356. The molecule has 25 heavy (non-hydrogen) atoms. The lowest BCUT2D eigenvalue weighted by molar-refractivity contribution is -0.115. The van der Waals surface area contributed by atoms with Gasteiger partial charge in [-0.3, -0.25) is 4.79 Å². The van der Waals surface area contributed by atoms with Gasteiger partial charge in [-0.25, -0.2) is 4.98 Å². The summed E-state index contributed by atoms with van der Waals surface area (Å²) < 4.78 is 0. The van der Waals surface area contributed by atoms with E-state index in [9.17, 15) is 10.1 Å². The van der Waals surface area contributed by atoms with Crippen molar-refractivity contribution < 1.29 is 4.79 Å². The highest BCUT2D eigenvalue weighted by molar-refractivity contribution is 8.00. The Balaban J connectivity index is 2.22. The average Bonchev–Trinajstić information content (AvgIpc) is 2.56. The summed E-state index contributed by atoms with van der Waals surface area (Å²) in [7, 11) is 0. The molecular formula is C20H23N3OS. The van der Waals surface area contributed by atoms with Crippen LogP contribution in [0.1, 0.15) is 41.8 Å². The summed E-state index contributed by atoms with van der Waals surface area (Å²) in [5.74, 6) is -0.0844. The molecule has 130 valence electrons. The van der Waals surface area contributed by atoms with Crippen molar-refractivity contribution >= 4 is 23.4 Å². The molecule has 0 radical (unpaired) electrons. The first-order valence-electron chi connectivity index (χ1n) is 8.31. The number of aryl methyl sites for hydroxylation is 4. The number of nitrogens with zero attached hydrogens (tertiary/aromatic N) is 2. The van der Waals surface area contributed by atoms with Crippen LogP contribution in [0.2, 0.25) is 0 Å². The normalized spacial score (nSPS) is 11.7. The Morgan fingerprint density at radius 1 is 1.32 bits per heavy atom. The SMILES string of the molecule is CCc1cccc(C)c1NC(=O)C(C)Sc1nc(C)cc(C)c1C#N. The fourth-order valence-corrected chi connectivity index (χ4v) is 3.69. The number of para-hydroxylation sites is 1. The fourth-order valence-electron chi connectivity index (χ4n) is 2.67. The summed E-state index contributed by atoms with van der Waals surface area (Å²) in [4.78, 5) is 17.1. The van der Waals surface area contributed by atoms with Gasteiger partial charge in [0, 0.05) is 11.4 Å². The van der Waals surface area contributed by atoms with Crippen molar-refractivity contribution in [2.24, 2.45) is 0 Å². The molecule has 4 nitrogen and oxygen atoms in total. The molecule has 0 bridgehead atoms. The van der Waals surface area contributed by atoms with Gasteiger partial charge in [0.25, 0.3) is 0 Å². The van der Waals surface area contributed by atoms with Gasteiger partial charge in [0.1, 0.15) is 11.1 Å². The van der Waals surface area contributed by atoms with Crippen molar-refractivity contribution in [1.29, 1.82) is 5.26 Å². The predicted octanol–water partition coefficient (Wildman–Crippen LogP) is 4.56.